The van der Waals surface area contributed by atoms with Crippen molar-refractivity contribution in [1.29, 1.82) is 0 Å². The molecule has 0 spiro atoms. The second-order valence-corrected chi connectivity index (χ2v) is 3.52. The highest BCUT2D eigenvalue weighted by molar-refractivity contribution is 5.73. The van der Waals surface area contributed by atoms with E-state index in [4.69, 9.17) is 4.74 Å². The lowest BCUT2D eigenvalue weighted by atomic mass is 9.93. The molecule has 4 nitrogen and oxygen atoms in total. The number of carbonyl (C=O) groups is 1. The topological polar surface area (TPSA) is 61.9 Å². The van der Waals surface area contributed by atoms with Gasteiger partial charge in [-0.2, -0.15) is 0 Å². The summed E-state index contributed by atoms with van der Waals surface area (Å²) in [7, 11) is 0. The molecule has 4 atom stereocenters. The van der Waals surface area contributed by atoms with Crippen LogP contribution in [0.2, 0.25) is 0 Å². The predicted molar refractivity (Wildman–Crippen MR) is 41.5 cm³/mol. The van der Waals surface area contributed by atoms with Gasteiger partial charge in [0.05, 0.1) is 12.1 Å². The number of hydrogen-bond donors (Lipinski definition) is 2. The molecule has 1 saturated carbocycles. The molecule has 1 aliphatic carbocycles. The number of hydrogen-bond acceptors (Lipinski definition) is 3. The summed E-state index contributed by atoms with van der Waals surface area (Å²) in [5.74, 6) is -0.0226. The van der Waals surface area contributed by atoms with E-state index in [1.165, 1.54) is 6.92 Å². The quantitative estimate of drug-likeness (QED) is 0.518. The van der Waals surface area contributed by atoms with Crippen LogP contribution >= 0.6 is 0 Å². The van der Waals surface area contributed by atoms with Gasteiger partial charge < -0.3 is 15.2 Å². The largest absolute Gasteiger partial charge is 0.390 e. The zero-order valence-electron chi connectivity index (χ0n) is 6.99. The lowest BCUT2D eigenvalue weighted by molar-refractivity contribution is -0.120. The first kappa shape index (κ1) is 8.01. The van der Waals surface area contributed by atoms with E-state index in [0.717, 1.165) is 12.8 Å². The molecular weight excluding hydrogens is 158 g/mol. The lowest BCUT2D eigenvalue weighted by Gasteiger charge is -2.21. The molecule has 0 bridgehead atoms. The Bertz CT molecular complexity index is 206. The molecule has 2 rings (SSSR count). The second-order valence-electron chi connectivity index (χ2n) is 3.52. The molecule has 0 aromatic rings. The van der Waals surface area contributed by atoms with Crippen LogP contribution in [0.15, 0.2) is 0 Å². The van der Waals surface area contributed by atoms with Crippen LogP contribution in [-0.2, 0) is 9.53 Å². The highest BCUT2D eigenvalue weighted by Gasteiger charge is 2.52. The van der Waals surface area contributed by atoms with Crippen molar-refractivity contribution in [2.24, 2.45) is 0 Å². The standard InChI is InChI=1S/C8H13NO3/c1-4(10)9-5-2-3-6(11)8-7(5)12-8/h5-8,11H,2-3H2,1H3,(H,9,10)/t5?,6-,7-,8+/m1/s1. The molecule has 1 saturated heterocycles. The first-order valence-corrected chi connectivity index (χ1v) is 4.29. The summed E-state index contributed by atoms with van der Waals surface area (Å²) in [6, 6.07) is 0.121. The van der Waals surface area contributed by atoms with Crippen molar-refractivity contribution in [3.63, 3.8) is 0 Å². The minimum absolute atomic E-state index is 0.0180. The van der Waals surface area contributed by atoms with Crippen LogP contribution < -0.4 is 5.32 Å². The van der Waals surface area contributed by atoms with E-state index >= 15 is 0 Å². The SMILES string of the molecule is CC(=O)NC1CC[C@@H](O)[C@@H]2O[C@H]12. The molecule has 2 fully saturated rings. The van der Waals surface area contributed by atoms with Crippen molar-refractivity contribution in [3.8, 4) is 0 Å². The maximum atomic E-state index is 10.7. The molecule has 2 aliphatic rings. The van der Waals surface area contributed by atoms with E-state index in [1.807, 2.05) is 0 Å². The summed E-state index contributed by atoms with van der Waals surface area (Å²) in [5, 5.41) is 12.2. The number of rotatable bonds is 1. The van der Waals surface area contributed by atoms with Crippen LogP contribution in [-0.4, -0.2) is 35.4 Å². The highest BCUT2D eigenvalue weighted by Crippen LogP contribution is 2.36. The molecule has 12 heavy (non-hydrogen) atoms. The molecule has 0 aromatic heterocycles. The monoisotopic (exact) mass is 171 g/mol. The maximum Gasteiger partial charge on any atom is 0.217 e. The summed E-state index contributed by atoms with van der Waals surface area (Å²) in [6.07, 6.45) is 1.28. The third-order valence-corrected chi connectivity index (χ3v) is 2.50. The van der Waals surface area contributed by atoms with Crippen molar-refractivity contribution >= 4 is 5.91 Å². The normalized spacial score (nSPS) is 44.8. The van der Waals surface area contributed by atoms with E-state index in [2.05, 4.69) is 5.32 Å². The molecule has 1 unspecified atom stereocenters. The Morgan fingerprint density at radius 3 is 2.92 bits per heavy atom. The Morgan fingerprint density at radius 1 is 1.50 bits per heavy atom. The molecule has 4 heteroatoms. The van der Waals surface area contributed by atoms with Crippen LogP contribution in [0.3, 0.4) is 0 Å². The summed E-state index contributed by atoms with van der Waals surface area (Å²) in [4.78, 5) is 10.7. The lowest BCUT2D eigenvalue weighted by Crippen LogP contribution is -2.43. The fourth-order valence-electron chi connectivity index (χ4n) is 1.86. The highest BCUT2D eigenvalue weighted by atomic mass is 16.6. The first-order chi connectivity index (χ1) is 5.68. The van der Waals surface area contributed by atoms with Crippen molar-refractivity contribution < 1.29 is 14.6 Å². The molecule has 2 N–H and O–H groups in total. The maximum absolute atomic E-state index is 10.7. The van der Waals surface area contributed by atoms with Gasteiger partial charge in [-0.25, -0.2) is 0 Å². The van der Waals surface area contributed by atoms with Gasteiger partial charge in [0.25, 0.3) is 0 Å². The second kappa shape index (κ2) is 2.71. The van der Waals surface area contributed by atoms with Gasteiger partial charge in [-0.3, -0.25) is 4.79 Å². The third-order valence-electron chi connectivity index (χ3n) is 2.50. The fourth-order valence-corrected chi connectivity index (χ4v) is 1.86. The average Bonchev–Trinajstić information content (AvgIpc) is 2.73. The van der Waals surface area contributed by atoms with E-state index < -0.39 is 0 Å². The van der Waals surface area contributed by atoms with E-state index in [1.54, 1.807) is 0 Å². The number of fused-ring (bicyclic) bond motifs is 1. The number of epoxide rings is 1. The first-order valence-electron chi connectivity index (χ1n) is 4.29. The smallest absolute Gasteiger partial charge is 0.217 e. The molecular formula is C8H13NO3. The van der Waals surface area contributed by atoms with Gasteiger partial charge in [-0.15, -0.1) is 0 Å². The van der Waals surface area contributed by atoms with Gasteiger partial charge in [-0.1, -0.05) is 0 Å². The zero-order valence-corrected chi connectivity index (χ0v) is 6.99. The number of aliphatic hydroxyl groups excluding tert-OH is 1. The molecule has 0 radical (unpaired) electrons. The summed E-state index contributed by atoms with van der Waals surface area (Å²) in [5.41, 5.74) is 0. The number of nitrogens with one attached hydrogen (secondary N) is 1. The van der Waals surface area contributed by atoms with Gasteiger partial charge in [0.1, 0.15) is 12.2 Å². The number of amides is 1. The Morgan fingerprint density at radius 2 is 2.25 bits per heavy atom. The Hall–Kier alpha value is -0.610. The Balaban J connectivity index is 1.90. The van der Waals surface area contributed by atoms with Gasteiger partial charge in [0.2, 0.25) is 5.91 Å². The van der Waals surface area contributed by atoms with Crippen LogP contribution in [0, 0.1) is 0 Å². The van der Waals surface area contributed by atoms with Gasteiger partial charge in [-0.05, 0) is 12.8 Å². The predicted octanol–water partition coefficient (Wildman–Crippen LogP) is -0.587. The number of ether oxygens (including phenoxy) is 1. The van der Waals surface area contributed by atoms with E-state index in [-0.39, 0.29) is 30.3 Å². The average molecular weight is 171 g/mol. The fraction of sp³-hybridized carbons (Fsp3) is 0.875. The van der Waals surface area contributed by atoms with Crippen molar-refractivity contribution in [2.75, 3.05) is 0 Å². The minimum Gasteiger partial charge on any atom is -0.390 e. The van der Waals surface area contributed by atoms with Crippen LogP contribution in [0.1, 0.15) is 19.8 Å². The number of aliphatic hydroxyl groups is 1. The van der Waals surface area contributed by atoms with E-state index in [9.17, 15) is 9.90 Å². The van der Waals surface area contributed by atoms with Gasteiger partial charge in [0, 0.05) is 6.92 Å². The number of carbonyl (C=O) groups excluding carboxylic acids is 1. The van der Waals surface area contributed by atoms with Crippen LogP contribution in [0.25, 0.3) is 0 Å². The molecule has 1 heterocycles. The van der Waals surface area contributed by atoms with Crippen molar-refractivity contribution in [1.82, 2.24) is 5.32 Å². The minimum atomic E-state index is -0.319. The van der Waals surface area contributed by atoms with Crippen molar-refractivity contribution in [3.05, 3.63) is 0 Å². The third kappa shape index (κ3) is 1.32. The zero-order chi connectivity index (χ0) is 8.72. The molecule has 0 aromatic carbocycles. The Labute approximate surface area is 70.9 Å². The van der Waals surface area contributed by atoms with E-state index in [0.29, 0.717) is 0 Å². The van der Waals surface area contributed by atoms with Crippen LogP contribution in [0.5, 0.6) is 0 Å². The summed E-state index contributed by atoms with van der Waals surface area (Å²) >= 11 is 0. The van der Waals surface area contributed by atoms with Crippen LogP contribution in [0.4, 0.5) is 0 Å². The van der Waals surface area contributed by atoms with Crippen molar-refractivity contribution in [2.45, 2.75) is 44.1 Å². The van der Waals surface area contributed by atoms with Gasteiger partial charge in [0.15, 0.2) is 0 Å². The summed E-state index contributed by atoms with van der Waals surface area (Å²) in [6.45, 7) is 1.50. The molecule has 1 amide bonds. The molecule has 68 valence electrons. The summed E-state index contributed by atoms with van der Waals surface area (Å²) < 4.78 is 5.24. The Kier molecular flexibility index (Phi) is 1.81. The molecule has 1 aliphatic heterocycles. The van der Waals surface area contributed by atoms with Gasteiger partial charge >= 0.3 is 0 Å².